The largest absolute Gasteiger partial charge is 0.497 e. The van der Waals surface area contributed by atoms with Gasteiger partial charge in [0.05, 0.1) is 26.0 Å². The van der Waals surface area contributed by atoms with Gasteiger partial charge in [0, 0.05) is 5.69 Å². The van der Waals surface area contributed by atoms with Gasteiger partial charge in [-0.05, 0) is 72.5 Å². The van der Waals surface area contributed by atoms with Gasteiger partial charge in [0.25, 0.3) is 0 Å². The molecule has 0 fully saturated rings. The van der Waals surface area contributed by atoms with Gasteiger partial charge in [0.2, 0.25) is 0 Å². The molecule has 176 valence electrons. The standard InChI is InChI=1S/C31H30N2O2/c1-21-5-7-25(8-6-21)30-22(2)33(31(32-30)26-13-19-29(35-4)20-14-26)27-15-9-23(10-16-27)24-11-17-28(34-3)18-12-24/h5-20,22,31H,1-4H3. The number of anilines is 1. The summed E-state index contributed by atoms with van der Waals surface area (Å²) in [6, 6.07) is 33.9. The molecule has 0 spiro atoms. The van der Waals surface area contributed by atoms with E-state index in [4.69, 9.17) is 14.5 Å². The first kappa shape index (κ1) is 22.7. The molecule has 4 nitrogen and oxygen atoms in total. The van der Waals surface area contributed by atoms with E-state index in [1.165, 1.54) is 16.7 Å². The lowest BCUT2D eigenvalue weighted by atomic mass is 10.0. The Hall–Kier alpha value is -4.05. The van der Waals surface area contributed by atoms with Gasteiger partial charge >= 0.3 is 0 Å². The van der Waals surface area contributed by atoms with E-state index in [-0.39, 0.29) is 12.2 Å². The third kappa shape index (κ3) is 4.52. The van der Waals surface area contributed by atoms with Crippen molar-refractivity contribution in [2.75, 3.05) is 19.1 Å². The van der Waals surface area contributed by atoms with Crippen LogP contribution >= 0.6 is 0 Å². The minimum atomic E-state index is -0.112. The first-order valence-corrected chi connectivity index (χ1v) is 11.9. The predicted molar refractivity (Wildman–Crippen MR) is 144 cm³/mol. The summed E-state index contributed by atoms with van der Waals surface area (Å²) in [5.41, 5.74) is 8.13. The van der Waals surface area contributed by atoms with Gasteiger partial charge in [0.15, 0.2) is 0 Å². The Kier molecular flexibility index (Phi) is 6.28. The second-order valence-corrected chi connectivity index (χ2v) is 8.89. The Bertz CT molecular complexity index is 1310. The maximum atomic E-state index is 5.38. The fraction of sp³-hybridized carbons (Fsp3) is 0.194. The van der Waals surface area contributed by atoms with E-state index in [0.29, 0.717) is 0 Å². The summed E-state index contributed by atoms with van der Waals surface area (Å²) >= 11 is 0. The van der Waals surface area contributed by atoms with Crippen molar-refractivity contribution in [2.24, 2.45) is 4.99 Å². The number of benzene rings is 4. The summed E-state index contributed by atoms with van der Waals surface area (Å²) in [6.45, 7) is 4.35. The smallest absolute Gasteiger partial charge is 0.148 e. The number of hydrogen-bond donors (Lipinski definition) is 0. The fourth-order valence-corrected chi connectivity index (χ4v) is 4.67. The number of ether oxygens (including phenoxy) is 2. The molecule has 5 rings (SSSR count). The molecule has 0 saturated heterocycles. The van der Waals surface area contributed by atoms with Crippen LogP contribution in [0.25, 0.3) is 11.1 Å². The summed E-state index contributed by atoms with van der Waals surface area (Å²) < 4.78 is 10.7. The zero-order valence-corrected chi connectivity index (χ0v) is 20.6. The lowest BCUT2D eigenvalue weighted by Crippen LogP contribution is -2.35. The van der Waals surface area contributed by atoms with Gasteiger partial charge in [-0.15, -0.1) is 0 Å². The summed E-state index contributed by atoms with van der Waals surface area (Å²) in [7, 11) is 3.38. The molecule has 35 heavy (non-hydrogen) atoms. The lowest BCUT2D eigenvalue weighted by molar-refractivity contribution is 0.414. The van der Waals surface area contributed by atoms with Crippen LogP contribution in [-0.2, 0) is 0 Å². The summed E-state index contributed by atoms with van der Waals surface area (Å²) in [5.74, 6) is 1.71. The zero-order valence-electron chi connectivity index (χ0n) is 20.6. The van der Waals surface area contributed by atoms with Crippen molar-refractivity contribution < 1.29 is 9.47 Å². The molecule has 0 bridgehead atoms. The fourth-order valence-electron chi connectivity index (χ4n) is 4.67. The molecule has 0 amide bonds. The van der Waals surface area contributed by atoms with Crippen LogP contribution in [0.15, 0.2) is 102 Å². The highest BCUT2D eigenvalue weighted by Crippen LogP contribution is 2.38. The van der Waals surface area contributed by atoms with E-state index < -0.39 is 0 Å². The number of aliphatic imine (C=N–C) groups is 1. The highest BCUT2D eigenvalue weighted by atomic mass is 16.5. The average Bonchev–Trinajstić information content (AvgIpc) is 3.26. The van der Waals surface area contributed by atoms with E-state index in [1.54, 1.807) is 14.2 Å². The summed E-state index contributed by atoms with van der Waals surface area (Å²) in [5, 5.41) is 0. The van der Waals surface area contributed by atoms with Crippen LogP contribution in [0.1, 0.15) is 29.8 Å². The van der Waals surface area contributed by atoms with Crippen LogP contribution in [0.2, 0.25) is 0 Å². The number of rotatable bonds is 6. The molecule has 0 saturated carbocycles. The molecule has 2 unspecified atom stereocenters. The quantitative estimate of drug-likeness (QED) is 0.307. The maximum absolute atomic E-state index is 5.38. The second kappa shape index (κ2) is 9.67. The maximum Gasteiger partial charge on any atom is 0.148 e. The van der Waals surface area contributed by atoms with Gasteiger partial charge in [-0.25, -0.2) is 0 Å². The van der Waals surface area contributed by atoms with Gasteiger partial charge in [-0.1, -0.05) is 66.2 Å². The SMILES string of the molecule is COc1ccc(-c2ccc(N3C(C)C(c4ccc(C)cc4)=NC3c3ccc(OC)cc3)cc2)cc1. The summed E-state index contributed by atoms with van der Waals surface area (Å²) in [4.78, 5) is 7.64. The highest BCUT2D eigenvalue weighted by molar-refractivity contribution is 6.07. The van der Waals surface area contributed by atoms with E-state index in [1.807, 2.05) is 24.3 Å². The van der Waals surface area contributed by atoms with Crippen molar-refractivity contribution in [3.05, 3.63) is 114 Å². The van der Waals surface area contributed by atoms with Crippen LogP contribution in [0, 0.1) is 6.92 Å². The van der Waals surface area contributed by atoms with Gasteiger partial charge in [-0.2, -0.15) is 0 Å². The molecule has 4 aromatic carbocycles. The van der Waals surface area contributed by atoms with E-state index >= 15 is 0 Å². The molecule has 2 atom stereocenters. The predicted octanol–water partition coefficient (Wildman–Crippen LogP) is 7.08. The van der Waals surface area contributed by atoms with Crippen LogP contribution in [0.3, 0.4) is 0 Å². The normalized spacial score (nSPS) is 17.3. The Morgan fingerprint density at radius 1 is 0.629 bits per heavy atom. The Labute approximate surface area is 207 Å². The van der Waals surface area contributed by atoms with Crippen molar-refractivity contribution in [3.8, 4) is 22.6 Å². The van der Waals surface area contributed by atoms with Gasteiger partial charge in [0.1, 0.15) is 17.7 Å². The Morgan fingerprint density at radius 3 is 1.66 bits per heavy atom. The summed E-state index contributed by atoms with van der Waals surface area (Å²) in [6.07, 6.45) is -0.112. The monoisotopic (exact) mass is 462 g/mol. The Morgan fingerprint density at radius 2 is 1.11 bits per heavy atom. The minimum Gasteiger partial charge on any atom is -0.497 e. The lowest BCUT2D eigenvalue weighted by Gasteiger charge is -2.30. The van der Waals surface area contributed by atoms with Crippen molar-refractivity contribution in [1.82, 2.24) is 0 Å². The highest BCUT2D eigenvalue weighted by Gasteiger charge is 2.35. The van der Waals surface area contributed by atoms with Crippen LogP contribution in [0.4, 0.5) is 5.69 Å². The number of aryl methyl sites for hydroxylation is 1. The number of hydrogen-bond acceptors (Lipinski definition) is 4. The average molecular weight is 463 g/mol. The van der Waals surface area contributed by atoms with Crippen molar-refractivity contribution >= 4 is 11.4 Å². The molecule has 0 radical (unpaired) electrons. The van der Waals surface area contributed by atoms with Crippen molar-refractivity contribution in [3.63, 3.8) is 0 Å². The topological polar surface area (TPSA) is 34.1 Å². The Balaban J connectivity index is 1.51. The first-order chi connectivity index (χ1) is 17.1. The zero-order chi connectivity index (χ0) is 24.4. The molecular weight excluding hydrogens is 432 g/mol. The molecule has 4 heteroatoms. The van der Waals surface area contributed by atoms with Crippen molar-refractivity contribution in [1.29, 1.82) is 0 Å². The van der Waals surface area contributed by atoms with Crippen LogP contribution in [-0.4, -0.2) is 26.0 Å². The van der Waals surface area contributed by atoms with E-state index in [2.05, 4.69) is 91.5 Å². The second-order valence-electron chi connectivity index (χ2n) is 8.89. The molecule has 1 heterocycles. The van der Waals surface area contributed by atoms with Gasteiger partial charge in [-0.3, -0.25) is 4.99 Å². The van der Waals surface area contributed by atoms with E-state index in [9.17, 15) is 0 Å². The molecule has 1 aliphatic rings. The first-order valence-electron chi connectivity index (χ1n) is 11.9. The van der Waals surface area contributed by atoms with Crippen LogP contribution < -0.4 is 14.4 Å². The van der Waals surface area contributed by atoms with Crippen molar-refractivity contribution in [2.45, 2.75) is 26.1 Å². The molecule has 4 aromatic rings. The third-order valence-corrected chi connectivity index (χ3v) is 6.69. The van der Waals surface area contributed by atoms with Gasteiger partial charge < -0.3 is 14.4 Å². The molecular formula is C31H30N2O2. The molecule has 0 N–H and O–H groups in total. The molecule has 0 aliphatic carbocycles. The minimum absolute atomic E-state index is 0.112. The molecule has 1 aliphatic heterocycles. The third-order valence-electron chi connectivity index (χ3n) is 6.69. The number of methoxy groups -OCH3 is 2. The van der Waals surface area contributed by atoms with E-state index in [0.717, 1.165) is 34.0 Å². The van der Waals surface area contributed by atoms with Crippen LogP contribution in [0.5, 0.6) is 11.5 Å². The molecule has 0 aromatic heterocycles. The number of nitrogens with zero attached hydrogens (tertiary/aromatic N) is 2.